The molecule has 0 spiro atoms. The van der Waals surface area contributed by atoms with Gasteiger partial charge in [-0.2, -0.15) is 0 Å². The van der Waals surface area contributed by atoms with Crippen LogP contribution < -0.4 is 5.32 Å². The molecule has 0 atom stereocenters. The highest BCUT2D eigenvalue weighted by atomic mass is 16.3. The van der Waals surface area contributed by atoms with Crippen molar-refractivity contribution in [1.29, 1.82) is 0 Å². The van der Waals surface area contributed by atoms with E-state index in [0.29, 0.717) is 6.54 Å². The number of hydrogen-bond acceptors (Lipinski definition) is 2. The molecule has 0 aliphatic heterocycles. The number of aliphatic hydroxyl groups is 1. The number of aromatic nitrogens is 1. The van der Waals surface area contributed by atoms with Gasteiger partial charge in [0.1, 0.15) is 0 Å². The molecule has 0 saturated heterocycles. The third kappa shape index (κ3) is 3.60. The molecule has 3 N–H and O–H groups in total. The molecular weight excluding hydrogens is 216 g/mol. The zero-order valence-corrected chi connectivity index (χ0v) is 10.0. The third-order valence-electron chi connectivity index (χ3n) is 3.40. The van der Waals surface area contributed by atoms with Crippen LogP contribution in [0.5, 0.6) is 0 Å². The molecule has 4 heteroatoms. The lowest BCUT2D eigenvalue weighted by atomic mass is 9.98. The Hall–Kier alpha value is -1.29. The van der Waals surface area contributed by atoms with E-state index in [1.54, 1.807) is 0 Å². The molecule has 1 aliphatic carbocycles. The van der Waals surface area contributed by atoms with Gasteiger partial charge in [0.2, 0.25) is 5.91 Å². The van der Waals surface area contributed by atoms with Crippen LogP contribution in [0.25, 0.3) is 0 Å². The molecule has 0 bridgehead atoms. The predicted octanol–water partition coefficient (Wildman–Crippen LogP) is 1.37. The van der Waals surface area contributed by atoms with Crippen LogP contribution in [0, 0.1) is 0 Å². The number of rotatable bonds is 5. The first-order valence-corrected chi connectivity index (χ1v) is 6.29. The fraction of sp³-hybridized carbons (Fsp3) is 0.615. The zero-order valence-electron chi connectivity index (χ0n) is 10.0. The van der Waals surface area contributed by atoms with Gasteiger partial charge >= 0.3 is 0 Å². The number of carbonyl (C=O) groups excluding carboxylic acids is 1. The second-order valence-corrected chi connectivity index (χ2v) is 4.90. The summed E-state index contributed by atoms with van der Waals surface area (Å²) in [5.41, 5.74) is 0.376. The van der Waals surface area contributed by atoms with Crippen LogP contribution in [0.15, 0.2) is 18.3 Å². The average molecular weight is 236 g/mol. The van der Waals surface area contributed by atoms with Gasteiger partial charge in [0.05, 0.1) is 12.0 Å². The summed E-state index contributed by atoms with van der Waals surface area (Å²) in [6.45, 7) is 0.620. The summed E-state index contributed by atoms with van der Waals surface area (Å²) in [6.07, 6.45) is 6.51. The van der Waals surface area contributed by atoms with E-state index in [2.05, 4.69) is 10.3 Å². The van der Waals surface area contributed by atoms with Crippen molar-refractivity contribution < 1.29 is 9.90 Å². The minimum absolute atomic E-state index is 0.0408. The number of nitrogens with one attached hydrogen (secondary N) is 2. The minimum Gasteiger partial charge on any atom is -0.389 e. The molecule has 4 nitrogen and oxygen atoms in total. The Kier molecular flexibility index (Phi) is 3.84. The molecule has 0 aromatic carbocycles. The normalized spacial score (nSPS) is 18.2. The van der Waals surface area contributed by atoms with Crippen molar-refractivity contribution >= 4 is 5.91 Å². The monoisotopic (exact) mass is 236 g/mol. The van der Waals surface area contributed by atoms with Gasteiger partial charge in [-0.25, -0.2) is 0 Å². The quantitative estimate of drug-likeness (QED) is 0.723. The molecule has 1 fully saturated rings. The third-order valence-corrected chi connectivity index (χ3v) is 3.40. The lowest BCUT2D eigenvalue weighted by Crippen LogP contribution is -2.35. The van der Waals surface area contributed by atoms with Crippen molar-refractivity contribution in [3.8, 4) is 0 Å². The smallest absolute Gasteiger partial charge is 0.222 e. The van der Waals surface area contributed by atoms with Gasteiger partial charge in [-0.15, -0.1) is 0 Å². The first kappa shape index (κ1) is 12.2. The second-order valence-electron chi connectivity index (χ2n) is 4.90. The number of amides is 1. The van der Waals surface area contributed by atoms with Crippen LogP contribution in [0.2, 0.25) is 0 Å². The Morgan fingerprint density at radius 1 is 1.47 bits per heavy atom. The fourth-order valence-electron chi connectivity index (χ4n) is 2.43. The van der Waals surface area contributed by atoms with Gasteiger partial charge < -0.3 is 15.4 Å². The number of carbonyl (C=O) groups is 1. The minimum atomic E-state index is -0.740. The molecule has 1 heterocycles. The summed E-state index contributed by atoms with van der Waals surface area (Å²) in [7, 11) is 0. The van der Waals surface area contributed by atoms with Gasteiger partial charge in [-0.05, 0) is 25.0 Å². The molecule has 1 aromatic rings. The van der Waals surface area contributed by atoms with Crippen molar-refractivity contribution in [3.63, 3.8) is 0 Å². The number of H-pyrrole nitrogens is 1. The summed E-state index contributed by atoms with van der Waals surface area (Å²) in [6, 6.07) is 3.94. The highest BCUT2D eigenvalue weighted by Crippen LogP contribution is 2.32. The molecule has 1 amide bonds. The number of hydrogen-bond donors (Lipinski definition) is 3. The highest BCUT2D eigenvalue weighted by Gasteiger charge is 2.33. The molecule has 94 valence electrons. The average Bonchev–Trinajstić information content (AvgIpc) is 2.90. The Labute approximate surface area is 101 Å². The lowest BCUT2D eigenvalue weighted by molar-refractivity contribution is -0.125. The highest BCUT2D eigenvalue weighted by molar-refractivity contribution is 5.77. The lowest BCUT2D eigenvalue weighted by Gasteiger charge is -2.21. The van der Waals surface area contributed by atoms with Crippen LogP contribution in [0.3, 0.4) is 0 Å². The SMILES string of the molecule is O=C(CC1(O)CCCC1)NCCc1ccc[nH]1. The molecule has 0 unspecified atom stereocenters. The molecule has 1 aromatic heterocycles. The van der Waals surface area contributed by atoms with Gasteiger partial charge in [-0.1, -0.05) is 12.8 Å². The van der Waals surface area contributed by atoms with Crippen LogP contribution in [0.1, 0.15) is 37.8 Å². The number of aromatic amines is 1. The van der Waals surface area contributed by atoms with Crippen molar-refractivity contribution in [2.24, 2.45) is 0 Å². The fourth-order valence-corrected chi connectivity index (χ4v) is 2.43. The molecule has 1 saturated carbocycles. The van der Waals surface area contributed by atoms with Crippen LogP contribution in [-0.4, -0.2) is 28.1 Å². The molecule has 2 rings (SSSR count). The van der Waals surface area contributed by atoms with Crippen LogP contribution in [0.4, 0.5) is 0 Å². The van der Waals surface area contributed by atoms with Crippen molar-refractivity contribution in [2.75, 3.05) is 6.54 Å². The van der Waals surface area contributed by atoms with Crippen molar-refractivity contribution in [3.05, 3.63) is 24.0 Å². The first-order chi connectivity index (χ1) is 8.18. The maximum absolute atomic E-state index is 11.7. The van der Waals surface area contributed by atoms with Crippen LogP contribution in [-0.2, 0) is 11.2 Å². The first-order valence-electron chi connectivity index (χ1n) is 6.29. The molecular formula is C13H20N2O2. The standard InChI is InChI=1S/C13H20N2O2/c16-12(10-13(17)6-1-2-7-13)15-9-5-11-4-3-8-14-11/h3-4,8,14,17H,1-2,5-7,9-10H2,(H,15,16). The summed E-state index contributed by atoms with van der Waals surface area (Å²) < 4.78 is 0. The van der Waals surface area contributed by atoms with E-state index in [9.17, 15) is 9.90 Å². The van der Waals surface area contributed by atoms with E-state index in [-0.39, 0.29) is 12.3 Å². The van der Waals surface area contributed by atoms with E-state index in [0.717, 1.165) is 37.8 Å². The van der Waals surface area contributed by atoms with Crippen molar-refractivity contribution in [1.82, 2.24) is 10.3 Å². The van der Waals surface area contributed by atoms with E-state index in [1.165, 1.54) is 0 Å². The van der Waals surface area contributed by atoms with Crippen LogP contribution >= 0.6 is 0 Å². The molecule has 17 heavy (non-hydrogen) atoms. The topological polar surface area (TPSA) is 65.1 Å². The predicted molar refractivity (Wildman–Crippen MR) is 65.5 cm³/mol. The summed E-state index contributed by atoms with van der Waals surface area (Å²) >= 11 is 0. The Morgan fingerprint density at radius 2 is 2.24 bits per heavy atom. The van der Waals surface area contributed by atoms with Gasteiger partial charge in [0.25, 0.3) is 0 Å². The van der Waals surface area contributed by atoms with E-state index in [1.807, 2.05) is 18.3 Å². The van der Waals surface area contributed by atoms with E-state index >= 15 is 0 Å². The Bertz CT molecular complexity index is 354. The molecule has 0 radical (unpaired) electrons. The van der Waals surface area contributed by atoms with Gasteiger partial charge in [-0.3, -0.25) is 4.79 Å². The Balaban J connectivity index is 1.67. The summed E-state index contributed by atoms with van der Waals surface area (Å²) in [5, 5.41) is 12.9. The summed E-state index contributed by atoms with van der Waals surface area (Å²) in [5.74, 6) is -0.0408. The van der Waals surface area contributed by atoms with E-state index < -0.39 is 5.60 Å². The zero-order chi connectivity index (χ0) is 12.1. The van der Waals surface area contributed by atoms with E-state index in [4.69, 9.17) is 0 Å². The maximum atomic E-state index is 11.7. The Morgan fingerprint density at radius 3 is 2.88 bits per heavy atom. The van der Waals surface area contributed by atoms with Gasteiger partial charge in [0, 0.05) is 24.9 Å². The van der Waals surface area contributed by atoms with Gasteiger partial charge in [0.15, 0.2) is 0 Å². The maximum Gasteiger partial charge on any atom is 0.222 e. The molecule has 1 aliphatic rings. The van der Waals surface area contributed by atoms with Crippen molar-refractivity contribution in [2.45, 2.75) is 44.1 Å². The summed E-state index contributed by atoms with van der Waals surface area (Å²) in [4.78, 5) is 14.7. The second kappa shape index (κ2) is 5.36. The largest absolute Gasteiger partial charge is 0.389 e.